The predicted molar refractivity (Wildman–Crippen MR) is 266 cm³/mol. The molecule has 2 aromatic heterocycles. The second-order valence-electron chi connectivity index (χ2n) is 18.3. The number of rotatable bonds is 13. The summed E-state index contributed by atoms with van der Waals surface area (Å²) in [5.41, 5.74) is 4.37. The molecule has 0 radical (unpaired) electrons. The standard InChI is InChI=1S/C50H66BrIN6O8/c1-8-44-37(25-52)21-30(2)13-18-42(59)31(3)22-36(49(32(4)43(60)24-45(61)65-44)66-50-48(63)46(56(6)7)47(62)33(5)64-50)19-20-57(27-34-14-16-38(51)17-15-34)28-39-29-58(55-54-39)40-23-35-11-9-10-12-41(35)53-26-40/h9-18,21,23,26,29,31-33,36-37,43-44,46-50,60,62-63H,8,19-20,22,24-25,27-28H2,1-7H3/b18-13+,30-21+/t31-,32+,33-,36+,37-,43-,44-,46+,47-,48-,49-,50+/m1/s1. The molecule has 16 heteroatoms. The van der Waals surface area contributed by atoms with E-state index in [1.807, 2.05) is 88.5 Å². The summed E-state index contributed by atoms with van der Waals surface area (Å²) < 4.78 is 22.5. The van der Waals surface area contributed by atoms with E-state index in [0.717, 1.165) is 37.9 Å². The van der Waals surface area contributed by atoms with Crippen LogP contribution in [-0.4, -0.2) is 131 Å². The van der Waals surface area contributed by atoms with Gasteiger partial charge in [0.05, 0.1) is 66.2 Å². The van der Waals surface area contributed by atoms with Gasteiger partial charge < -0.3 is 34.4 Å². The Labute approximate surface area is 411 Å². The van der Waals surface area contributed by atoms with Crippen LogP contribution in [0.1, 0.15) is 71.6 Å². The third kappa shape index (κ3) is 13.6. The average Bonchev–Trinajstić information content (AvgIpc) is 3.77. The number of ketones is 1. The van der Waals surface area contributed by atoms with Gasteiger partial charge in [-0.3, -0.25) is 19.5 Å². The van der Waals surface area contributed by atoms with Gasteiger partial charge in [-0.05, 0) is 95.6 Å². The van der Waals surface area contributed by atoms with Gasteiger partial charge in [-0.25, -0.2) is 4.68 Å². The first kappa shape index (κ1) is 51.9. The van der Waals surface area contributed by atoms with Crippen molar-refractivity contribution in [3.05, 3.63) is 107 Å². The van der Waals surface area contributed by atoms with Crippen molar-refractivity contribution in [1.82, 2.24) is 29.8 Å². The molecule has 0 unspecified atom stereocenters. The molecule has 0 saturated carbocycles. The number of aromatic nitrogens is 4. The zero-order valence-corrected chi connectivity index (χ0v) is 42.7. The Kier molecular flexibility index (Phi) is 19.0. The molecule has 12 atom stereocenters. The quantitative estimate of drug-likeness (QED) is 0.0696. The van der Waals surface area contributed by atoms with Crippen LogP contribution in [0.15, 0.2) is 95.3 Å². The lowest BCUT2D eigenvalue weighted by Crippen LogP contribution is -2.63. The molecule has 358 valence electrons. The first-order chi connectivity index (χ1) is 31.5. The van der Waals surface area contributed by atoms with Gasteiger partial charge in [-0.1, -0.05) is 113 Å². The van der Waals surface area contributed by atoms with Crippen molar-refractivity contribution in [2.75, 3.05) is 25.1 Å². The summed E-state index contributed by atoms with van der Waals surface area (Å²) in [6, 6.07) is 17.4. The summed E-state index contributed by atoms with van der Waals surface area (Å²) >= 11 is 5.85. The minimum Gasteiger partial charge on any atom is -0.462 e. The number of aliphatic hydroxyl groups is 3. The Morgan fingerprint density at radius 1 is 1.00 bits per heavy atom. The van der Waals surface area contributed by atoms with E-state index in [9.17, 15) is 24.9 Å². The van der Waals surface area contributed by atoms with Gasteiger partial charge >= 0.3 is 5.97 Å². The lowest BCUT2D eigenvalue weighted by atomic mass is 9.79. The third-order valence-electron chi connectivity index (χ3n) is 13.0. The fourth-order valence-corrected chi connectivity index (χ4v) is 10.2. The molecule has 14 nitrogen and oxygen atoms in total. The summed E-state index contributed by atoms with van der Waals surface area (Å²) in [5, 5.41) is 44.9. The lowest BCUT2D eigenvalue weighted by molar-refractivity contribution is -0.304. The largest absolute Gasteiger partial charge is 0.462 e. The van der Waals surface area contributed by atoms with Gasteiger partial charge in [0.2, 0.25) is 0 Å². The van der Waals surface area contributed by atoms with Gasteiger partial charge in [0, 0.05) is 45.1 Å². The number of hydrogen-bond acceptors (Lipinski definition) is 13. The lowest BCUT2D eigenvalue weighted by Gasteiger charge is -2.46. The Balaban J connectivity index is 1.36. The third-order valence-corrected chi connectivity index (χ3v) is 14.6. The number of pyridine rings is 1. The number of cyclic esters (lactones) is 1. The molecule has 0 bridgehead atoms. The fraction of sp³-hybridized carbons (Fsp3) is 0.540. The number of fused-ring (bicyclic) bond motifs is 1. The number of carbonyl (C=O) groups is 2. The number of likely N-dealkylation sites (N-methyl/N-ethyl adjacent to an activating group) is 1. The summed E-state index contributed by atoms with van der Waals surface area (Å²) in [6.45, 7) is 10.9. The number of aliphatic hydroxyl groups excluding tert-OH is 3. The Morgan fingerprint density at radius 3 is 2.45 bits per heavy atom. The number of halogens is 2. The summed E-state index contributed by atoms with van der Waals surface area (Å²) in [7, 11) is 3.56. The van der Waals surface area contributed by atoms with Crippen LogP contribution in [0.2, 0.25) is 0 Å². The van der Waals surface area contributed by atoms with Crippen molar-refractivity contribution >= 4 is 61.2 Å². The highest BCUT2D eigenvalue weighted by molar-refractivity contribution is 14.1. The molecule has 2 aliphatic rings. The zero-order valence-electron chi connectivity index (χ0n) is 39.0. The molecule has 66 heavy (non-hydrogen) atoms. The van der Waals surface area contributed by atoms with Crippen molar-refractivity contribution in [2.45, 2.75) is 122 Å². The minimum atomic E-state index is -1.26. The SMILES string of the molecule is CC[C@H]1OC(=O)C[C@@H](O)[C@H](C)[C@@H](O[C@@H]2O[C@H](C)[C@@H](O)[C@H](N(C)C)[C@H]2O)[C@@H](CCN(Cc2ccc(Br)cc2)Cc2cn(-c3cnc4ccccc4c3)nn2)C[C@@H](C)C(=O)/C=C/C(C)=C/[C@@H]1CI. The molecular weight excluding hydrogens is 1020 g/mol. The van der Waals surface area contributed by atoms with E-state index in [2.05, 4.69) is 70.8 Å². The van der Waals surface area contributed by atoms with E-state index in [4.69, 9.17) is 14.2 Å². The van der Waals surface area contributed by atoms with Crippen LogP contribution in [0.5, 0.6) is 0 Å². The fourth-order valence-electron chi connectivity index (χ4n) is 9.15. The second-order valence-corrected chi connectivity index (χ2v) is 20.1. The van der Waals surface area contributed by atoms with Gasteiger partial charge in [0.15, 0.2) is 12.1 Å². The molecule has 4 heterocycles. The molecule has 3 N–H and O–H groups in total. The summed E-state index contributed by atoms with van der Waals surface area (Å²) in [6.07, 6.45) is 3.73. The Hall–Kier alpha value is -3.46. The maximum Gasteiger partial charge on any atom is 0.308 e. The van der Waals surface area contributed by atoms with Crippen LogP contribution in [0.25, 0.3) is 16.6 Å². The van der Waals surface area contributed by atoms with Gasteiger partial charge in [0.1, 0.15) is 12.2 Å². The van der Waals surface area contributed by atoms with E-state index in [1.165, 1.54) is 0 Å². The summed E-state index contributed by atoms with van der Waals surface area (Å²) in [4.78, 5) is 36.3. The molecule has 0 spiro atoms. The van der Waals surface area contributed by atoms with Crippen LogP contribution in [0.4, 0.5) is 0 Å². The highest BCUT2D eigenvalue weighted by Gasteiger charge is 2.47. The van der Waals surface area contributed by atoms with Crippen molar-refractivity contribution in [3.8, 4) is 5.69 Å². The number of esters is 1. The van der Waals surface area contributed by atoms with Crippen LogP contribution in [-0.2, 0) is 36.9 Å². The van der Waals surface area contributed by atoms with E-state index in [0.29, 0.717) is 43.3 Å². The van der Waals surface area contributed by atoms with Crippen LogP contribution in [0, 0.1) is 23.7 Å². The molecular formula is C50H66BrIN6O8. The topological polar surface area (TPSA) is 173 Å². The highest BCUT2D eigenvalue weighted by Crippen LogP contribution is 2.35. The number of allylic oxidation sites excluding steroid dienone is 3. The van der Waals surface area contributed by atoms with Crippen LogP contribution >= 0.6 is 38.5 Å². The van der Waals surface area contributed by atoms with Crippen molar-refractivity contribution in [1.29, 1.82) is 0 Å². The number of alkyl halides is 1. The first-order valence-corrected chi connectivity index (χ1v) is 25.3. The van der Waals surface area contributed by atoms with Gasteiger partial charge in [-0.15, -0.1) is 5.10 Å². The highest BCUT2D eigenvalue weighted by atomic mass is 127. The Morgan fingerprint density at radius 2 is 1.74 bits per heavy atom. The molecule has 0 aliphatic carbocycles. The molecule has 1 fully saturated rings. The zero-order chi connectivity index (χ0) is 47.7. The second kappa shape index (κ2) is 24.2. The number of para-hydroxylation sites is 1. The maximum atomic E-state index is 14.0. The van der Waals surface area contributed by atoms with Crippen LogP contribution in [0.3, 0.4) is 0 Å². The van der Waals surface area contributed by atoms with E-state index in [1.54, 1.807) is 42.9 Å². The smallest absolute Gasteiger partial charge is 0.308 e. The van der Waals surface area contributed by atoms with Gasteiger partial charge in [-0.2, -0.15) is 0 Å². The number of carbonyl (C=O) groups excluding carboxylic acids is 2. The number of hydrogen-bond donors (Lipinski definition) is 3. The van der Waals surface area contributed by atoms with E-state index < -0.39 is 72.7 Å². The molecule has 4 aromatic rings. The normalized spacial score (nSPS) is 30.9. The molecule has 2 aliphatic heterocycles. The van der Waals surface area contributed by atoms with Crippen LogP contribution < -0.4 is 0 Å². The maximum absolute atomic E-state index is 14.0. The first-order valence-electron chi connectivity index (χ1n) is 23.0. The monoisotopic (exact) mass is 1080 g/mol. The predicted octanol–water partition coefficient (Wildman–Crippen LogP) is 7.24. The van der Waals surface area contributed by atoms with Gasteiger partial charge in [0.25, 0.3) is 0 Å². The van der Waals surface area contributed by atoms with Crippen molar-refractivity contribution in [3.63, 3.8) is 0 Å². The number of ether oxygens (including phenoxy) is 3. The van der Waals surface area contributed by atoms with E-state index in [-0.39, 0.29) is 18.1 Å². The Bertz CT molecular complexity index is 2280. The van der Waals surface area contributed by atoms with Crippen molar-refractivity contribution < 1.29 is 39.1 Å². The van der Waals surface area contributed by atoms with Crippen molar-refractivity contribution in [2.24, 2.45) is 23.7 Å². The number of nitrogens with zero attached hydrogens (tertiary/aromatic N) is 6. The molecule has 1 saturated heterocycles. The molecule has 2 aromatic carbocycles. The minimum absolute atomic E-state index is 0.0545. The summed E-state index contributed by atoms with van der Waals surface area (Å²) in [5.74, 6) is -2.22. The average molecular weight is 1090 g/mol. The molecule has 0 amide bonds. The number of benzene rings is 2. The molecule has 6 rings (SSSR count). The van der Waals surface area contributed by atoms with E-state index >= 15 is 0 Å².